The molecule has 1 saturated heterocycles. The maximum atomic E-state index is 6.34. The molecule has 0 spiro atoms. The van der Waals surface area contributed by atoms with Gasteiger partial charge in [0.05, 0.1) is 0 Å². The topological polar surface area (TPSA) is 18.5 Å². The highest BCUT2D eigenvalue weighted by atomic mass is 35.5. The molecule has 4 heteroatoms. The van der Waals surface area contributed by atoms with Gasteiger partial charge >= 0.3 is 0 Å². The van der Waals surface area contributed by atoms with Crippen molar-refractivity contribution in [1.29, 1.82) is 0 Å². The first kappa shape index (κ1) is 15.8. The number of piperazine rings is 1. The van der Waals surface area contributed by atoms with E-state index in [4.69, 9.17) is 11.6 Å². The molecule has 2 rings (SSSR count). The number of halogens is 1. The molecule has 1 unspecified atom stereocenters. The van der Waals surface area contributed by atoms with E-state index in [9.17, 15) is 0 Å². The van der Waals surface area contributed by atoms with Crippen LogP contribution >= 0.6 is 11.6 Å². The first-order chi connectivity index (χ1) is 9.70. The van der Waals surface area contributed by atoms with Crippen molar-refractivity contribution in [3.05, 3.63) is 34.9 Å². The molecule has 1 heterocycles. The van der Waals surface area contributed by atoms with E-state index in [1.165, 1.54) is 31.7 Å². The van der Waals surface area contributed by atoms with E-state index in [1.807, 2.05) is 12.1 Å². The molecule has 0 saturated carbocycles. The molecule has 3 nitrogen and oxygen atoms in total. The van der Waals surface area contributed by atoms with Crippen LogP contribution in [0.1, 0.15) is 24.9 Å². The van der Waals surface area contributed by atoms with Gasteiger partial charge in [-0.3, -0.25) is 0 Å². The molecule has 1 atom stereocenters. The Morgan fingerprint density at radius 1 is 1.20 bits per heavy atom. The van der Waals surface area contributed by atoms with Gasteiger partial charge in [0.2, 0.25) is 0 Å². The molecule has 1 N–H and O–H groups in total. The summed E-state index contributed by atoms with van der Waals surface area (Å²) in [5.41, 5.74) is 1.23. The molecule has 0 bridgehead atoms. The molecule has 1 aromatic rings. The lowest BCUT2D eigenvalue weighted by atomic mass is 10.0. The smallest absolute Gasteiger partial charge is 0.0453 e. The van der Waals surface area contributed by atoms with Crippen LogP contribution < -0.4 is 5.32 Å². The van der Waals surface area contributed by atoms with Gasteiger partial charge in [-0.25, -0.2) is 0 Å². The molecule has 0 aromatic heterocycles. The lowest BCUT2D eigenvalue weighted by molar-refractivity contribution is 0.149. The highest BCUT2D eigenvalue weighted by Gasteiger charge is 2.17. The van der Waals surface area contributed by atoms with Crippen molar-refractivity contribution in [3.63, 3.8) is 0 Å². The Morgan fingerprint density at radius 3 is 2.55 bits per heavy atom. The quantitative estimate of drug-likeness (QED) is 0.870. The van der Waals surface area contributed by atoms with Gasteiger partial charge in [0.25, 0.3) is 0 Å². The molecule has 1 fully saturated rings. The summed E-state index contributed by atoms with van der Waals surface area (Å²) in [6.07, 6.45) is 1.11. The van der Waals surface area contributed by atoms with Crippen molar-refractivity contribution >= 4 is 11.6 Å². The molecule has 0 radical (unpaired) electrons. The van der Waals surface area contributed by atoms with E-state index in [0.717, 1.165) is 24.5 Å². The lowest BCUT2D eigenvalue weighted by Gasteiger charge is -2.33. The molecule has 1 aromatic carbocycles. The number of hydrogen-bond acceptors (Lipinski definition) is 3. The van der Waals surface area contributed by atoms with Gasteiger partial charge in [0.1, 0.15) is 0 Å². The number of nitrogens with one attached hydrogen (secondary N) is 1. The van der Waals surface area contributed by atoms with E-state index < -0.39 is 0 Å². The molecular formula is C16H26ClN3. The Balaban J connectivity index is 1.91. The molecule has 0 aliphatic carbocycles. The summed E-state index contributed by atoms with van der Waals surface area (Å²) >= 11 is 6.34. The first-order valence-corrected chi connectivity index (χ1v) is 7.97. The fraction of sp³-hybridized carbons (Fsp3) is 0.625. The second-order valence-electron chi connectivity index (χ2n) is 5.57. The summed E-state index contributed by atoms with van der Waals surface area (Å²) in [4.78, 5) is 4.95. The zero-order valence-electron chi connectivity index (χ0n) is 12.6. The molecule has 0 amide bonds. The number of hydrogen-bond donors (Lipinski definition) is 1. The third-order valence-electron chi connectivity index (χ3n) is 4.06. The van der Waals surface area contributed by atoms with Crippen molar-refractivity contribution in [3.8, 4) is 0 Å². The van der Waals surface area contributed by atoms with Gasteiger partial charge in [-0.05, 0) is 31.6 Å². The van der Waals surface area contributed by atoms with Crippen LogP contribution in [0.2, 0.25) is 5.02 Å². The van der Waals surface area contributed by atoms with Crippen molar-refractivity contribution < 1.29 is 0 Å². The number of nitrogens with zero attached hydrogens (tertiary/aromatic N) is 2. The number of likely N-dealkylation sites (N-methyl/N-ethyl adjacent to an activating group) is 1. The minimum absolute atomic E-state index is 0.355. The summed E-state index contributed by atoms with van der Waals surface area (Å²) in [5, 5.41) is 4.44. The van der Waals surface area contributed by atoms with Crippen molar-refractivity contribution in [2.75, 3.05) is 46.3 Å². The third-order valence-corrected chi connectivity index (χ3v) is 4.41. The second-order valence-corrected chi connectivity index (χ2v) is 5.97. The predicted octanol–water partition coefficient (Wildman–Crippen LogP) is 2.63. The fourth-order valence-electron chi connectivity index (χ4n) is 2.75. The van der Waals surface area contributed by atoms with Crippen LogP contribution in [0.5, 0.6) is 0 Å². The van der Waals surface area contributed by atoms with Gasteiger partial charge in [0.15, 0.2) is 0 Å². The van der Waals surface area contributed by atoms with E-state index in [2.05, 4.69) is 41.2 Å². The Bertz CT molecular complexity index is 402. The number of rotatable bonds is 6. The molecule has 112 valence electrons. The minimum Gasteiger partial charge on any atom is -0.310 e. The van der Waals surface area contributed by atoms with Crippen molar-refractivity contribution in [2.45, 2.75) is 19.4 Å². The Labute approximate surface area is 127 Å². The highest BCUT2D eigenvalue weighted by molar-refractivity contribution is 6.31. The summed E-state index contributed by atoms with van der Waals surface area (Å²) in [5.74, 6) is 0. The summed E-state index contributed by atoms with van der Waals surface area (Å²) in [6, 6.07) is 8.54. The van der Waals surface area contributed by atoms with E-state index in [1.54, 1.807) is 0 Å². The van der Waals surface area contributed by atoms with Gasteiger partial charge in [-0.1, -0.05) is 36.7 Å². The zero-order chi connectivity index (χ0) is 14.4. The summed E-state index contributed by atoms with van der Waals surface area (Å²) < 4.78 is 0. The molecule has 1 aliphatic heterocycles. The third kappa shape index (κ3) is 4.45. The van der Waals surface area contributed by atoms with Crippen LogP contribution in [-0.4, -0.2) is 56.1 Å². The highest BCUT2D eigenvalue weighted by Crippen LogP contribution is 2.25. The lowest BCUT2D eigenvalue weighted by Crippen LogP contribution is -2.45. The minimum atomic E-state index is 0.355. The van der Waals surface area contributed by atoms with Gasteiger partial charge < -0.3 is 15.1 Å². The average molecular weight is 296 g/mol. The Hall–Kier alpha value is -0.610. The molecular weight excluding hydrogens is 270 g/mol. The normalized spacial score (nSPS) is 19.1. The Morgan fingerprint density at radius 2 is 1.90 bits per heavy atom. The maximum Gasteiger partial charge on any atom is 0.0453 e. The van der Waals surface area contributed by atoms with Crippen LogP contribution in [0.3, 0.4) is 0 Å². The molecule has 1 aliphatic rings. The van der Waals surface area contributed by atoms with Crippen LogP contribution in [0, 0.1) is 0 Å². The Kier molecular flexibility index (Phi) is 6.30. The summed E-state index contributed by atoms with van der Waals surface area (Å²) in [7, 11) is 2.20. The van der Waals surface area contributed by atoms with Crippen LogP contribution in [0.4, 0.5) is 0 Å². The van der Waals surface area contributed by atoms with Crippen molar-refractivity contribution in [1.82, 2.24) is 15.1 Å². The van der Waals surface area contributed by atoms with Gasteiger partial charge in [-0.2, -0.15) is 0 Å². The van der Waals surface area contributed by atoms with Gasteiger partial charge in [0, 0.05) is 43.8 Å². The van der Waals surface area contributed by atoms with Gasteiger partial charge in [-0.15, -0.1) is 0 Å². The SMILES string of the molecule is CCNC(CCN1CCN(C)CC1)c1ccccc1Cl. The average Bonchev–Trinajstić information content (AvgIpc) is 2.46. The van der Waals surface area contributed by atoms with E-state index in [0.29, 0.717) is 6.04 Å². The van der Waals surface area contributed by atoms with E-state index >= 15 is 0 Å². The maximum absolute atomic E-state index is 6.34. The van der Waals surface area contributed by atoms with Crippen LogP contribution in [-0.2, 0) is 0 Å². The van der Waals surface area contributed by atoms with E-state index in [-0.39, 0.29) is 0 Å². The largest absolute Gasteiger partial charge is 0.310 e. The van der Waals surface area contributed by atoms with Crippen LogP contribution in [0.25, 0.3) is 0 Å². The number of benzene rings is 1. The molecule has 20 heavy (non-hydrogen) atoms. The predicted molar refractivity (Wildman–Crippen MR) is 86.4 cm³/mol. The van der Waals surface area contributed by atoms with Crippen molar-refractivity contribution in [2.24, 2.45) is 0 Å². The zero-order valence-corrected chi connectivity index (χ0v) is 13.4. The monoisotopic (exact) mass is 295 g/mol. The fourth-order valence-corrected chi connectivity index (χ4v) is 3.02. The second kappa shape index (κ2) is 7.99. The first-order valence-electron chi connectivity index (χ1n) is 7.59. The summed E-state index contributed by atoms with van der Waals surface area (Å²) in [6.45, 7) is 8.97. The standard InChI is InChI=1S/C16H26ClN3/c1-3-18-16(14-6-4-5-7-15(14)17)8-9-20-12-10-19(2)11-13-20/h4-7,16,18H,3,8-13H2,1-2H3. The van der Waals surface area contributed by atoms with Crippen LogP contribution in [0.15, 0.2) is 24.3 Å².